The molecule has 1 saturated heterocycles. The van der Waals surface area contributed by atoms with E-state index >= 15 is 0 Å². The molecule has 0 aliphatic carbocycles. The molecule has 2 rings (SSSR count). The number of alkyl halides is 2. The summed E-state index contributed by atoms with van der Waals surface area (Å²) in [7, 11) is 0. The zero-order chi connectivity index (χ0) is 13.2. The number of likely N-dealkylation sites (tertiary alicyclic amines) is 1. The second kappa shape index (κ2) is 4.77. The summed E-state index contributed by atoms with van der Waals surface area (Å²) in [6.45, 7) is 0.148. The zero-order valence-electron chi connectivity index (χ0n) is 9.83. The number of carbonyl (C=O) groups is 1. The highest BCUT2D eigenvalue weighted by Gasteiger charge is 2.35. The predicted octanol–water partition coefficient (Wildman–Crippen LogP) is 2.54. The van der Waals surface area contributed by atoms with Gasteiger partial charge in [0.25, 0.3) is 11.8 Å². The van der Waals surface area contributed by atoms with E-state index in [0.29, 0.717) is 11.1 Å². The molecule has 0 bridgehead atoms. The summed E-state index contributed by atoms with van der Waals surface area (Å²) >= 11 is 0. The van der Waals surface area contributed by atoms with E-state index < -0.39 is 5.92 Å². The van der Waals surface area contributed by atoms with Crippen LogP contribution in [-0.2, 0) is 0 Å². The van der Waals surface area contributed by atoms with Gasteiger partial charge in [0.15, 0.2) is 0 Å². The zero-order valence-corrected chi connectivity index (χ0v) is 9.83. The molecule has 2 nitrogen and oxygen atoms in total. The fourth-order valence-corrected chi connectivity index (χ4v) is 2.00. The maximum absolute atomic E-state index is 13.0. The highest BCUT2D eigenvalue weighted by Crippen LogP contribution is 2.28. The summed E-state index contributed by atoms with van der Waals surface area (Å²) in [6, 6.07) is 6.76. The molecule has 0 N–H and O–H groups in total. The van der Waals surface area contributed by atoms with Crippen LogP contribution in [0.4, 0.5) is 8.78 Å². The van der Waals surface area contributed by atoms with Crippen molar-refractivity contribution in [3.63, 3.8) is 0 Å². The number of carbonyl (C=O) groups excluding carboxylic acids is 1. The number of hydrogen-bond acceptors (Lipinski definition) is 1. The Balaban J connectivity index is 2.16. The van der Waals surface area contributed by atoms with Gasteiger partial charge < -0.3 is 4.90 Å². The third-order valence-corrected chi connectivity index (χ3v) is 3.10. The van der Waals surface area contributed by atoms with Gasteiger partial charge in [-0.3, -0.25) is 4.79 Å². The van der Waals surface area contributed by atoms with Gasteiger partial charge in [0, 0.05) is 31.5 Å². The number of amides is 1. The van der Waals surface area contributed by atoms with Crippen LogP contribution in [0.25, 0.3) is 0 Å². The molecule has 0 unspecified atom stereocenters. The first-order chi connectivity index (χ1) is 8.53. The molecule has 1 amide bonds. The summed E-state index contributed by atoms with van der Waals surface area (Å²) in [5.41, 5.74) is 0.907. The predicted molar refractivity (Wildman–Crippen MR) is 64.5 cm³/mol. The maximum Gasteiger partial charge on any atom is 0.255 e. The van der Waals surface area contributed by atoms with E-state index in [1.165, 1.54) is 4.90 Å². The van der Waals surface area contributed by atoms with E-state index in [4.69, 9.17) is 6.42 Å². The van der Waals surface area contributed by atoms with Crippen molar-refractivity contribution in [2.75, 3.05) is 13.1 Å². The minimum Gasteiger partial charge on any atom is -0.338 e. The summed E-state index contributed by atoms with van der Waals surface area (Å²) in [5.74, 6) is -0.479. The van der Waals surface area contributed by atoms with Crippen molar-refractivity contribution < 1.29 is 13.6 Å². The molecule has 1 aromatic carbocycles. The Morgan fingerprint density at radius 3 is 2.50 bits per heavy atom. The van der Waals surface area contributed by atoms with Gasteiger partial charge in [-0.1, -0.05) is 18.1 Å². The van der Waals surface area contributed by atoms with Crippen molar-refractivity contribution in [2.45, 2.75) is 18.8 Å². The molecule has 1 fully saturated rings. The SMILES string of the molecule is C#Cc1ccccc1C(=O)N1CCC(F)(F)CC1. The standard InChI is InChI=1S/C14H13F2NO/c1-2-11-5-3-4-6-12(11)13(18)17-9-7-14(15,16)8-10-17/h1,3-6H,7-10H2. The Hall–Kier alpha value is -1.89. The second-order valence-corrected chi connectivity index (χ2v) is 4.34. The fraction of sp³-hybridized carbons (Fsp3) is 0.357. The van der Waals surface area contributed by atoms with Crippen LogP contribution < -0.4 is 0 Å². The van der Waals surface area contributed by atoms with Gasteiger partial charge in [-0.25, -0.2) is 8.78 Å². The first-order valence-electron chi connectivity index (χ1n) is 5.76. The molecule has 0 radical (unpaired) electrons. The monoisotopic (exact) mass is 249 g/mol. The number of benzene rings is 1. The molecular weight excluding hydrogens is 236 g/mol. The minimum absolute atomic E-state index is 0.0741. The van der Waals surface area contributed by atoms with E-state index in [1.54, 1.807) is 24.3 Å². The largest absolute Gasteiger partial charge is 0.338 e. The van der Waals surface area contributed by atoms with Gasteiger partial charge >= 0.3 is 0 Å². The lowest BCUT2D eigenvalue weighted by atomic mass is 10.0. The van der Waals surface area contributed by atoms with Crippen LogP contribution in [0.1, 0.15) is 28.8 Å². The van der Waals surface area contributed by atoms with Crippen molar-refractivity contribution in [2.24, 2.45) is 0 Å². The Labute approximate surface area is 105 Å². The average molecular weight is 249 g/mol. The smallest absolute Gasteiger partial charge is 0.255 e. The second-order valence-electron chi connectivity index (χ2n) is 4.34. The Morgan fingerprint density at radius 1 is 1.28 bits per heavy atom. The van der Waals surface area contributed by atoms with Gasteiger partial charge in [-0.15, -0.1) is 6.42 Å². The number of nitrogens with zero attached hydrogens (tertiary/aromatic N) is 1. The van der Waals surface area contributed by atoms with E-state index in [0.717, 1.165) is 0 Å². The van der Waals surface area contributed by atoms with Crippen molar-refractivity contribution >= 4 is 5.91 Å². The molecule has 0 saturated carbocycles. The summed E-state index contributed by atoms with van der Waals surface area (Å²) < 4.78 is 26.0. The lowest BCUT2D eigenvalue weighted by Gasteiger charge is -2.32. The van der Waals surface area contributed by atoms with Crippen LogP contribution in [0, 0.1) is 12.3 Å². The van der Waals surface area contributed by atoms with Crippen LogP contribution in [0.15, 0.2) is 24.3 Å². The van der Waals surface area contributed by atoms with E-state index in [1.807, 2.05) is 0 Å². The average Bonchev–Trinajstić information content (AvgIpc) is 2.38. The van der Waals surface area contributed by atoms with Gasteiger partial charge in [-0.05, 0) is 12.1 Å². The minimum atomic E-state index is -2.65. The van der Waals surface area contributed by atoms with E-state index in [-0.39, 0.29) is 31.8 Å². The van der Waals surface area contributed by atoms with Gasteiger partial charge in [-0.2, -0.15) is 0 Å². The first-order valence-corrected chi connectivity index (χ1v) is 5.76. The third-order valence-electron chi connectivity index (χ3n) is 3.10. The van der Waals surface area contributed by atoms with Gasteiger partial charge in [0.1, 0.15) is 0 Å². The Morgan fingerprint density at radius 2 is 1.89 bits per heavy atom. The van der Waals surface area contributed by atoms with Gasteiger partial charge in [0.2, 0.25) is 0 Å². The summed E-state index contributed by atoms with van der Waals surface area (Å²) in [6.07, 6.45) is 4.76. The van der Waals surface area contributed by atoms with E-state index in [9.17, 15) is 13.6 Å². The third kappa shape index (κ3) is 2.51. The molecule has 1 aromatic rings. The van der Waals surface area contributed by atoms with Crippen molar-refractivity contribution in [3.05, 3.63) is 35.4 Å². The molecule has 0 spiro atoms. The highest BCUT2D eigenvalue weighted by molar-refractivity contribution is 5.96. The van der Waals surface area contributed by atoms with Crippen molar-refractivity contribution in [3.8, 4) is 12.3 Å². The fourth-order valence-electron chi connectivity index (χ4n) is 2.00. The number of hydrogen-bond donors (Lipinski definition) is 0. The maximum atomic E-state index is 13.0. The first kappa shape index (κ1) is 12.6. The number of halogens is 2. The summed E-state index contributed by atoms with van der Waals surface area (Å²) in [4.78, 5) is 13.6. The van der Waals surface area contributed by atoms with Crippen LogP contribution in [0.3, 0.4) is 0 Å². The van der Waals surface area contributed by atoms with Crippen molar-refractivity contribution in [1.82, 2.24) is 4.90 Å². The molecule has 18 heavy (non-hydrogen) atoms. The Bertz CT molecular complexity index is 495. The summed E-state index contributed by atoms with van der Waals surface area (Å²) in [5, 5.41) is 0. The number of piperidine rings is 1. The van der Waals surface area contributed by atoms with Crippen LogP contribution in [-0.4, -0.2) is 29.8 Å². The number of rotatable bonds is 1. The van der Waals surface area contributed by atoms with Crippen LogP contribution in [0.2, 0.25) is 0 Å². The highest BCUT2D eigenvalue weighted by atomic mass is 19.3. The lowest BCUT2D eigenvalue weighted by Crippen LogP contribution is -2.42. The Kier molecular flexibility index (Phi) is 3.33. The molecule has 1 heterocycles. The van der Waals surface area contributed by atoms with Crippen LogP contribution in [0.5, 0.6) is 0 Å². The quantitative estimate of drug-likeness (QED) is 0.700. The topological polar surface area (TPSA) is 20.3 Å². The van der Waals surface area contributed by atoms with E-state index in [2.05, 4.69) is 5.92 Å². The molecular formula is C14H13F2NO. The number of terminal acetylenes is 1. The lowest BCUT2D eigenvalue weighted by molar-refractivity contribution is -0.0494. The van der Waals surface area contributed by atoms with Crippen LogP contribution >= 0.6 is 0 Å². The normalized spacial score (nSPS) is 18.2. The molecule has 4 heteroatoms. The molecule has 94 valence electrons. The van der Waals surface area contributed by atoms with Gasteiger partial charge in [0.05, 0.1) is 5.56 Å². The molecule has 0 aromatic heterocycles. The molecule has 1 aliphatic heterocycles. The van der Waals surface area contributed by atoms with Crippen molar-refractivity contribution in [1.29, 1.82) is 0 Å². The molecule has 1 aliphatic rings. The molecule has 0 atom stereocenters.